The monoisotopic (exact) mass is 386 g/mol. The molecule has 5 unspecified atom stereocenters. The van der Waals surface area contributed by atoms with Crippen LogP contribution in [0.3, 0.4) is 0 Å². The van der Waals surface area contributed by atoms with Crippen molar-refractivity contribution in [1.29, 1.82) is 5.26 Å². The van der Waals surface area contributed by atoms with E-state index in [-0.39, 0.29) is 5.41 Å². The molecule has 4 nitrogen and oxygen atoms in total. The minimum absolute atomic E-state index is 0.266. The van der Waals surface area contributed by atoms with E-state index < -0.39 is 0 Å². The van der Waals surface area contributed by atoms with Crippen molar-refractivity contribution >= 4 is 18.2 Å². The number of hydrogen-bond acceptors (Lipinski definition) is 5. The lowest BCUT2D eigenvalue weighted by atomic mass is 9.63. The Hall–Kier alpha value is -2.13. The topological polar surface area (TPSA) is 65.4 Å². The molecule has 0 radical (unpaired) electrons. The van der Waals surface area contributed by atoms with Crippen molar-refractivity contribution in [3.05, 3.63) is 59.2 Å². The number of rotatable bonds is 3. The highest BCUT2D eigenvalue weighted by Crippen LogP contribution is 2.61. The molecule has 4 bridgehead atoms. The standard InChI is InChI=1S/C23H22N4S/c24-12-14-4-6-15(7-5-14)16-2-1-3-17(22(16)20-8-9-26-28-20)23-11-19-18(25)10-21(23)27(19)13-23/h1-7,9,18-21H,8,10-11,13,25H2/t18-,19?,20?,21?,23?/m1/s1. The van der Waals surface area contributed by atoms with Crippen molar-refractivity contribution in [1.82, 2.24) is 4.90 Å². The maximum atomic E-state index is 9.15. The van der Waals surface area contributed by atoms with Crippen LogP contribution in [-0.2, 0) is 5.41 Å². The molecule has 2 aromatic carbocycles. The van der Waals surface area contributed by atoms with Gasteiger partial charge in [-0.15, -0.1) is 0 Å². The molecule has 0 amide bonds. The molecule has 0 aromatic heterocycles. The molecular weight excluding hydrogens is 364 g/mol. The zero-order valence-electron chi connectivity index (χ0n) is 15.6. The first-order valence-corrected chi connectivity index (χ1v) is 10.9. The minimum atomic E-state index is 0.266. The summed E-state index contributed by atoms with van der Waals surface area (Å²) >= 11 is 1.70. The van der Waals surface area contributed by atoms with Crippen LogP contribution in [0.15, 0.2) is 46.9 Å². The Morgan fingerprint density at radius 2 is 2.07 bits per heavy atom. The van der Waals surface area contributed by atoms with Crippen LogP contribution in [0.25, 0.3) is 11.1 Å². The fourth-order valence-corrected chi connectivity index (χ4v) is 6.98. The number of nitrogens with two attached hydrogens (primary N) is 1. The highest BCUT2D eigenvalue weighted by Gasteiger charge is 2.68. The fraction of sp³-hybridized carbons (Fsp3) is 0.391. The molecule has 0 aliphatic carbocycles. The van der Waals surface area contributed by atoms with Gasteiger partial charge in [0.15, 0.2) is 0 Å². The van der Waals surface area contributed by atoms with Gasteiger partial charge in [-0.05, 0) is 59.2 Å². The first kappa shape index (κ1) is 16.8. The third-order valence-corrected chi connectivity index (χ3v) is 8.32. The largest absolute Gasteiger partial charge is 0.326 e. The second-order valence-corrected chi connectivity index (χ2v) is 9.58. The summed E-state index contributed by atoms with van der Waals surface area (Å²) in [6.45, 7) is 1.15. The molecule has 5 heteroatoms. The lowest BCUT2D eigenvalue weighted by molar-refractivity contribution is 0.0860. The second-order valence-electron chi connectivity index (χ2n) is 8.59. The van der Waals surface area contributed by atoms with Gasteiger partial charge in [0, 0.05) is 42.7 Å². The van der Waals surface area contributed by atoms with Crippen molar-refractivity contribution in [3.63, 3.8) is 0 Å². The quantitative estimate of drug-likeness (QED) is 0.815. The first-order valence-electron chi connectivity index (χ1n) is 10.0. The SMILES string of the molecule is N#Cc1ccc(-c2cccc(C34CC5[C@H](N)CC3N5C4)c2C2CC=NS2)cc1. The van der Waals surface area contributed by atoms with E-state index >= 15 is 0 Å². The maximum Gasteiger partial charge on any atom is 0.0991 e. The van der Waals surface area contributed by atoms with Crippen LogP contribution in [0.4, 0.5) is 0 Å². The molecule has 4 saturated heterocycles. The number of benzene rings is 2. The van der Waals surface area contributed by atoms with Crippen LogP contribution < -0.4 is 5.73 Å². The van der Waals surface area contributed by atoms with Gasteiger partial charge in [0.25, 0.3) is 0 Å². The van der Waals surface area contributed by atoms with Crippen molar-refractivity contribution in [2.45, 2.75) is 48.1 Å². The Balaban J connectivity index is 1.50. The Bertz CT molecular complexity index is 1020. The third kappa shape index (κ3) is 2.11. The van der Waals surface area contributed by atoms with E-state index in [4.69, 9.17) is 11.0 Å². The van der Waals surface area contributed by atoms with E-state index in [2.05, 4.69) is 51.9 Å². The van der Waals surface area contributed by atoms with Gasteiger partial charge >= 0.3 is 0 Å². The smallest absolute Gasteiger partial charge is 0.0991 e. The molecule has 5 heterocycles. The zero-order valence-corrected chi connectivity index (χ0v) is 16.4. The van der Waals surface area contributed by atoms with E-state index in [1.165, 1.54) is 28.7 Å². The van der Waals surface area contributed by atoms with Gasteiger partial charge in [0.1, 0.15) is 0 Å². The van der Waals surface area contributed by atoms with E-state index in [0.717, 1.165) is 19.4 Å². The van der Waals surface area contributed by atoms with Crippen LogP contribution in [0.2, 0.25) is 0 Å². The van der Waals surface area contributed by atoms with Crippen LogP contribution in [0.1, 0.15) is 41.2 Å². The lowest BCUT2D eigenvalue weighted by Gasteiger charge is -2.49. The molecule has 0 saturated carbocycles. The highest BCUT2D eigenvalue weighted by molar-refractivity contribution is 7.98. The minimum Gasteiger partial charge on any atom is -0.326 e. The molecule has 140 valence electrons. The summed E-state index contributed by atoms with van der Waals surface area (Å²) in [6.07, 6.45) is 5.36. The third-order valence-electron chi connectivity index (χ3n) is 7.36. The number of nitriles is 1. The first-order chi connectivity index (χ1) is 13.7. The summed E-state index contributed by atoms with van der Waals surface area (Å²) in [5, 5.41) is 9.52. The molecule has 4 fully saturated rings. The molecule has 6 atom stereocenters. The molecular formula is C23H22N4S. The van der Waals surface area contributed by atoms with Gasteiger partial charge < -0.3 is 5.73 Å². The lowest BCUT2D eigenvalue weighted by Crippen LogP contribution is -2.58. The van der Waals surface area contributed by atoms with Crippen molar-refractivity contribution in [2.75, 3.05) is 6.54 Å². The molecule has 7 rings (SSSR count). The predicted octanol–water partition coefficient (Wildman–Crippen LogP) is 3.81. The normalized spacial score (nSPS) is 37.1. The average molecular weight is 387 g/mol. The summed E-state index contributed by atoms with van der Waals surface area (Å²) in [5.74, 6) is 0. The van der Waals surface area contributed by atoms with Gasteiger partial charge in [-0.1, -0.05) is 30.3 Å². The summed E-state index contributed by atoms with van der Waals surface area (Å²) in [6, 6.07) is 18.6. The van der Waals surface area contributed by atoms with E-state index in [1.807, 2.05) is 12.1 Å². The summed E-state index contributed by atoms with van der Waals surface area (Å²) < 4.78 is 4.48. The zero-order chi connectivity index (χ0) is 18.9. The summed E-state index contributed by atoms with van der Waals surface area (Å²) in [5.41, 5.74) is 12.8. The molecule has 2 N–H and O–H groups in total. The second kappa shape index (κ2) is 5.93. The Labute approximate surface area is 169 Å². The average Bonchev–Trinajstić information content (AvgIpc) is 3.49. The number of nitrogens with zero attached hydrogens (tertiary/aromatic N) is 3. The van der Waals surface area contributed by atoms with Gasteiger partial charge in [-0.2, -0.15) is 5.26 Å². The highest BCUT2D eigenvalue weighted by atomic mass is 32.2. The Kier molecular flexibility index (Phi) is 3.56. The molecule has 0 spiro atoms. The van der Waals surface area contributed by atoms with Crippen LogP contribution in [0, 0.1) is 11.3 Å². The molecule has 5 aliphatic rings. The summed E-state index contributed by atoms with van der Waals surface area (Å²) in [4.78, 5) is 2.64. The summed E-state index contributed by atoms with van der Waals surface area (Å²) in [7, 11) is 0. The van der Waals surface area contributed by atoms with Gasteiger partial charge in [0.05, 0.1) is 16.9 Å². The Morgan fingerprint density at radius 3 is 2.71 bits per heavy atom. The van der Waals surface area contributed by atoms with Gasteiger partial charge in [-0.25, -0.2) is 4.40 Å². The van der Waals surface area contributed by atoms with E-state index in [0.29, 0.717) is 28.9 Å². The van der Waals surface area contributed by atoms with Gasteiger partial charge in [-0.3, -0.25) is 4.90 Å². The van der Waals surface area contributed by atoms with Crippen LogP contribution in [0.5, 0.6) is 0 Å². The molecule has 2 aromatic rings. The maximum absolute atomic E-state index is 9.15. The van der Waals surface area contributed by atoms with Crippen LogP contribution in [-0.4, -0.2) is 35.8 Å². The van der Waals surface area contributed by atoms with Crippen molar-refractivity contribution in [2.24, 2.45) is 10.1 Å². The van der Waals surface area contributed by atoms with Crippen molar-refractivity contribution in [3.8, 4) is 17.2 Å². The van der Waals surface area contributed by atoms with Crippen molar-refractivity contribution < 1.29 is 0 Å². The van der Waals surface area contributed by atoms with E-state index in [9.17, 15) is 0 Å². The Morgan fingerprint density at radius 1 is 1.21 bits per heavy atom. The van der Waals surface area contributed by atoms with Gasteiger partial charge in [0.2, 0.25) is 0 Å². The van der Waals surface area contributed by atoms with Crippen LogP contribution >= 0.6 is 11.9 Å². The molecule has 28 heavy (non-hydrogen) atoms. The fourth-order valence-electron chi connectivity index (χ4n) is 6.12. The number of hydrogen-bond donors (Lipinski definition) is 1. The van der Waals surface area contributed by atoms with E-state index in [1.54, 1.807) is 11.9 Å². The molecule has 5 aliphatic heterocycles. The predicted molar refractivity (Wildman–Crippen MR) is 113 cm³/mol.